The van der Waals surface area contributed by atoms with Gasteiger partial charge in [0.15, 0.2) is 5.96 Å². The molecule has 196 valence electrons. The minimum Gasteiger partial charge on any atom is -0.480 e. The van der Waals surface area contributed by atoms with Crippen molar-refractivity contribution in [3.63, 3.8) is 0 Å². The maximum atomic E-state index is 12.9. The highest BCUT2D eigenvalue weighted by atomic mass is 32.1. The molecule has 5 atom stereocenters. The predicted octanol–water partition coefficient (Wildman–Crippen LogP) is -3.82. The first-order chi connectivity index (χ1) is 16.5. The van der Waals surface area contributed by atoms with Crippen LogP contribution in [0.5, 0.6) is 0 Å². The number of thiol groups is 1. The Morgan fingerprint density at radius 2 is 1.71 bits per heavy atom. The highest BCUT2D eigenvalue weighted by molar-refractivity contribution is 7.80. The van der Waals surface area contributed by atoms with E-state index in [0.29, 0.717) is 5.69 Å². The molecule has 0 aliphatic rings. The van der Waals surface area contributed by atoms with Gasteiger partial charge in [-0.15, -0.1) is 0 Å². The summed E-state index contributed by atoms with van der Waals surface area (Å²) >= 11 is 4.06. The van der Waals surface area contributed by atoms with Gasteiger partial charge < -0.3 is 48.3 Å². The number of carbonyl (C=O) groups is 4. The van der Waals surface area contributed by atoms with Gasteiger partial charge in [0, 0.05) is 30.6 Å². The van der Waals surface area contributed by atoms with Gasteiger partial charge in [-0.1, -0.05) is 0 Å². The van der Waals surface area contributed by atoms with Crippen LogP contribution in [-0.2, 0) is 25.6 Å². The number of nitrogens with one attached hydrogen (secondary N) is 4. The number of aliphatic hydroxyl groups excluding tert-OH is 1. The number of aliphatic imine (C=N–C) groups is 1. The molecular formula is C19H33N9O6S. The number of nitrogens with two attached hydrogens (primary N) is 3. The second kappa shape index (κ2) is 14.8. The summed E-state index contributed by atoms with van der Waals surface area (Å²) in [6.07, 6.45) is 1.94. The molecule has 0 bridgehead atoms. The molecule has 3 amide bonds. The first-order valence-corrected chi connectivity index (χ1v) is 11.3. The van der Waals surface area contributed by atoms with Crippen LogP contribution in [0.3, 0.4) is 0 Å². The second-order valence-electron chi connectivity index (χ2n) is 7.70. The monoisotopic (exact) mass is 515 g/mol. The van der Waals surface area contributed by atoms with Gasteiger partial charge in [-0.25, -0.2) is 9.78 Å². The number of hydrogen-bond donors (Lipinski definition) is 10. The number of hydrogen-bond acceptors (Lipinski definition) is 9. The average Bonchev–Trinajstić information content (AvgIpc) is 3.30. The number of aromatic amines is 1. The number of guanidine groups is 1. The molecule has 15 nitrogen and oxygen atoms in total. The van der Waals surface area contributed by atoms with E-state index in [1.165, 1.54) is 19.4 Å². The fourth-order valence-corrected chi connectivity index (χ4v) is 3.07. The number of carboxylic acids is 1. The highest BCUT2D eigenvalue weighted by Crippen LogP contribution is 2.04. The molecule has 5 unspecified atom stereocenters. The van der Waals surface area contributed by atoms with Gasteiger partial charge >= 0.3 is 5.97 Å². The van der Waals surface area contributed by atoms with Gasteiger partial charge in [0.1, 0.15) is 24.2 Å². The van der Waals surface area contributed by atoms with Crippen molar-refractivity contribution in [1.82, 2.24) is 25.9 Å². The number of nitrogens with zero attached hydrogens (tertiary/aromatic N) is 2. The van der Waals surface area contributed by atoms with Crippen molar-refractivity contribution in [2.75, 3.05) is 12.3 Å². The van der Waals surface area contributed by atoms with Gasteiger partial charge in [-0.3, -0.25) is 19.4 Å². The quantitative estimate of drug-likeness (QED) is 0.0470. The van der Waals surface area contributed by atoms with Crippen LogP contribution in [0.25, 0.3) is 0 Å². The number of imidazole rings is 1. The van der Waals surface area contributed by atoms with E-state index >= 15 is 0 Å². The third-order valence-electron chi connectivity index (χ3n) is 4.81. The van der Waals surface area contributed by atoms with Crippen LogP contribution in [0.2, 0.25) is 0 Å². The SMILES string of the molecule is CC(O)C(N)C(=O)NC(CS)C(=O)NC(Cc1cnc[nH]1)C(=O)NC(CCCN=C(N)N)C(=O)O. The molecule has 0 aliphatic carbocycles. The molecule has 12 N–H and O–H groups in total. The molecule has 0 radical (unpaired) electrons. The van der Waals surface area contributed by atoms with Crippen LogP contribution in [0.1, 0.15) is 25.5 Å². The molecule has 0 saturated heterocycles. The van der Waals surface area contributed by atoms with E-state index in [2.05, 4.69) is 43.5 Å². The van der Waals surface area contributed by atoms with Crippen LogP contribution >= 0.6 is 12.6 Å². The summed E-state index contributed by atoms with van der Waals surface area (Å²) in [5.41, 5.74) is 16.6. The number of H-pyrrole nitrogens is 1. The summed E-state index contributed by atoms with van der Waals surface area (Å²) in [5.74, 6) is -3.86. The fraction of sp³-hybridized carbons (Fsp3) is 0.579. The molecule has 16 heteroatoms. The number of amides is 3. The van der Waals surface area contributed by atoms with Crippen LogP contribution in [0.4, 0.5) is 0 Å². The summed E-state index contributed by atoms with van der Waals surface area (Å²) in [6.45, 7) is 1.50. The molecule has 0 aromatic carbocycles. The molecule has 1 rings (SSSR count). The Hall–Kier alpha value is -3.37. The molecule has 0 saturated carbocycles. The van der Waals surface area contributed by atoms with Gasteiger partial charge in [0.05, 0.1) is 12.4 Å². The van der Waals surface area contributed by atoms with E-state index in [0.717, 1.165) is 0 Å². The van der Waals surface area contributed by atoms with Gasteiger partial charge in [-0.05, 0) is 19.8 Å². The summed E-state index contributed by atoms with van der Waals surface area (Å²) in [7, 11) is 0. The number of aliphatic hydroxyl groups is 1. The van der Waals surface area contributed by atoms with Crippen LogP contribution in [0.15, 0.2) is 17.5 Å². The van der Waals surface area contributed by atoms with Crippen molar-refractivity contribution in [3.8, 4) is 0 Å². The Morgan fingerprint density at radius 3 is 2.23 bits per heavy atom. The largest absolute Gasteiger partial charge is 0.480 e. The van der Waals surface area contributed by atoms with E-state index in [-0.39, 0.29) is 37.5 Å². The number of aliphatic carboxylic acids is 1. The Bertz CT molecular complexity index is 876. The molecule has 0 spiro atoms. The Morgan fingerprint density at radius 1 is 1.11 bits per heavy atom. The summed E-state index contributed by atoms with van der Waals surface area (Å²) in [4.78, 5) is 59.9. The fourth-order valence-electron chi connectivity index (χ4n) is 2.81. The van der Waals surface area contributed by atoms with Gasteiger partial charge in [-0.2, -0.15) is 12.6 Å². The number of rotatable bonds is 15. The molecular weight excluding hydrogens is 482 g/mol. The third kappa shape index (κ3) is 10.6. The van der Waals surface area contributed by atoms with Crippen molar-refractivity contribution < 1.29 is 29.4 Å². The van der Waals surface area contributed by atoms with Crippen molar-refractivity contribution in [3.05, 3.63) is 18.2 Å². The maximum Gasteiger partial charge on any atom is 0.326 e. The average molecular weight is 516 g/mol. The molecule has 0 aliphatic heterocycles. The lowest BCUT2D eigenvalue weighted by Crippen LogP contribution is -2.59. The summed E-state index contributed by atoms with van der Waals surface area (Å²) < 4.78 is 0. The van der Waals surface area contributed by atoms with Gasteiger partial charge in [0.25, 0.3) is 0 Å². The number of carboxylic acid groups (broad SMARTS) is 1. The van der Waals surface area contributed by atoms with Crippen LogP contribution in [0, 0.1) is 0 Å². The third-order valence-corrected chi connectivity index (χ3v) is 5.17. The zero-order valence-corrected chi connectivity index (χ0v) is 20.1. The predicted molar refractivity (Wildman–Crippen MR) is 129 cm³/mol. The van der Waals surface area contributed by atoms with Crippen molar-refractivity contribution in [2.24, 2.45) is 22.2 Å². The number of aromatic nitrogens is 2. The first-order valence-electron chi connectivity index (χ1n) is 10.7. The maximum absolute atomic E-state index is 12.9. The Kier molecular flexibility index (Phi) is 12.5. The Balaban J connectivity index is 2.93. The zero-order valence-electron chi connectivity index (χ0n) is 19.2. The van der Waals surface area contributed by atoms with E-state index in [1.54, 1.807) is 0 Å². The Labute approximate surface area is 207 Å². The lowest BCUT2D eigenvalue weighted by Gasteiger charge is -2.24. The first kappa shape index (κ1) is 29.7. The van der Waals surface area contributed by atoms with E-state index in [4.69, 9.17) is 17.2 Å². The minimum atomic E-state index is -1.28. The lowest BCUT2D eigenvalue weighted by atomic mass is 10.1. The summed E-state index contributed by atoms with van der Waals surface area (Å²) in [5, 5.41) is 26.2. The van der Waals surface area contributed by atoms with E-state index < -0.39 is 54.0 Å². The smallest absolute Gasteiger partial charge is 0.326 e. The van der Waals surface area contributed by atoms with Gasteiger partial charge in [0.2, 0.25) is 17.7 Å². The summed E-state index contributed by atoms with van der Waals surface area (Å²) in [6, 6.07) is -4.93. The second-order valence-corrected chi connectivity index (χ2v) is 8.07. The number of carbonyl (C=O) groups excluding carboxylic acids is 3. The van der Waals surface area contributed by atoms with Crippen molar-refractivity contribution in [2.45, 2.75) is 56.5 Å². The normalized spacial score (nSPS) is 15.1. The molecule has 35 heavy (non-hydrogen) atoms. The molecule has 1 heterocycles. The van der Waals surface area contributed by atoms with Crippen LogP contribution in [-0.4, -0.2) is 92.4 Å². The molecule has 1 aromatic rings. The highest BCUT2D eigenvalue weighted by Gasteiger charge is 2.30. The lowest BCUT2D eigenvalue weighted by molar-refractivity contribution is -0.142. The van der Waals surface area contributed by atoms with E-state index in [9.17, 15) is 29.4 Å². The van der Waals surface area contributed by atoms with E-state index in [1.807, 2.05) is 0 Å². The topological polar surface area (TPSA) is 264 Å². The minimum absolute atomic E-state index is 0.0368. The van der Waals surface area contributed by atoms with Crippen molar-refractivity contribution in [1.29, 1.82) is 0 Å². The standard InChI is InChI=1S/C19H33N9O6S/c1-9(29)14(20)17(32)28-13(7-35)16(31)27-12(5-10-6-23-8-25-10)15(30)26-11(18(33)34)3-2-4-24-19(21)22/h6,8-9,11-14,29,35H,2-5,7,20H2,1H3,(H,23,25)(H,26,30)(H,27,31)(H,28,32)(H,33,34)(H4,21,22,24). The van der Waals surface area contributed by atoms with Crippen molar-refractivity contribution >= 4 is 42.3 Å². The van der Waals surface area contributed by atoms with Crippen LogP contribution < -0.4 is 33.2 Å². The molecule has 0 fully saturated rings. The zero-order chi connectivity index (χ0) is 26.5. The molecule has 1 aromatic heterocycles.